The van der Waals surface area contributed by atoms with Crippen molar-refractivity contribution in [2.45, 2.75) is 31.5 Å². The van der Waals surface area contributed by atoms with E-state index in [0.717, 1.165) is 5.75 Å². The molecule has 0 aromatic heterocycles. The number of para-hydroxylation sites is 1. The number of benzene rings is 2. The second-order valence-electron chi connectivity index (χ2n) is 5.15. The van der Waals surface area contributed by atoms with Crippen LogP contribution in [0.5, 0.6) is 5.75 Å². The van der Waals surface area contributed by atoms with E-state index in [1.807, 2.05) is 19.1 Å². The number of halogens is 1. The zero-order valence-electron chi connectivity index (χ0n) is 12.3. The lowest BCUT2D eigenvalue weighted by atomic mass is 9.98. The lowest BCUT2D eigenvalue weighted by Gasteiger charge is -2.16. The molecule has 0 aliphatic carbocycles. The minimum atomic E-state index is 0.159. The van der Waals surface area contributed by atoms with Crippen molar-refractivity contribution < 1.29 is 4.74 Å². The van der Waals surface area contributed by atoms with Gasteiger partial charge in [-0.05, 0) is 30.0 Å². The summed E-state index contributed by atoms with van der Waals surface area (Å²) in [5, 5.41) is 0. The minimum Gasteiger partial charge on any atom is -0.494 e. The third-order valence-electron chi connectivity index (χ3n) is 3.39. The Kier molecular flexibility index (Phi) is 5.24. The fourth-order valence-electron chi connectivity index (χ4n) is 2.21. The van der Waals surface area contributed by atoms with Gasteiger partial charge in [-0.15, -0.1) is 0 Å². The highest BCUT2D eigenvalue weighted by atomic mass is 79.9. The minimum absolute atomic E-state index is 0.159. The van der Waals surface area contributed by atoms with Crippen molar-refractivity contribution in [1.82, 2.24) is 0 Å². The van der Waals surface area contributed by atoms with Gasteiger partial charge in [0.05, 0.1) is 11.4 Å². The number of rotatable bonds is 5. The average molecular weight is 333 g/mol. The average Bonchev–Trinajstić information content (AvgIpc) is 2.47. The second kappa shape index (κ2) is 6.94. The van der Waals surface area contributed by atoms with Crippen LogP contribution in [-0.2, 0) is 0 Å². The predicted molar refractivity (Wildman–Crippen MR) is 88.9 cm³/mol. The standard InChI is InChI=1S/C18H21BrO/c1-4-20-17-8-6-5-7-16(17)18(19)15-11-9-14(10-12-15)13(2)3/h5-13,18H,4H2,1-3H3. The first-order valence-electron chi connectivity index (χ1n) is 7.09. The molecule has 0 bridgehead atoms. The third kappa shape index (κ3) is 3.43. The van der Waals surface area contributed by atoms with Crippen LogP contribution in [0, 0.1) is 0 Å². The second-order valence-corrected chi connectivity index (χ2v) is 6.07. The van der Waals surface area contributed by atoms with Gasteiger partial charge in [0.15, 0.2) is 0 Å². The van der Waals surface area contributed by atoms with E-state index in [-0.39, 0.29) is 4.83 Å². The Morgan fingerprint density at radius 3 is 2.15 bits per heavy atom. The lowest BCUT2D eigenvalue weighted by molar-refractivity contribution is 0.337. The summed E-state index contributed by atoms with van der Waals surface area (Å²) in [5.41, 5.74) is 3.79. The molecule has 2 rings (SSSR count). The molecule has 2 aromatic rings. The molecule has 20 heavy (non-hydrogen) atoms. The van der Waals surface area contributed by atoms with E-state index >= 15 is 0 Å². The van der Waals surface area contributed by atoms with Gasteiger partial charge < -0.3 is 4.74 Å². The smallest absolute Gasteiger partial charge is 0.123 e. The molecule has 106 valence electrons. The fourth-order valence-corrected chi connectivity index (χ4v) is 2.89. The van der Waals surface area contributed by atoms with Crippen molar-refractivity contribution in [3.63, 3.8) is 0 Å². The molecule has 0 aliphatic heterocycles. The molecule has 0 saturated heterocycles. The Hall–Kier alpha value is -1.28. The summed E-state index contributed by atoms with van der Waals surface area (Å²) >= 11 is 3.80. The maximum atomic E-state index is 5.71. The summed E-state index contributed by atoms with van der Waals surface area (Å²) in [7, 11) is 0. The summed E-state index contributed by atoms with van der Waals surface area (Å²) in [6.45, 7) is 7.12. The largest absolute Gasteiger partial charge is 0.494 e. The summed E-state index contributed by atoms with van der Waals surface area (Å²) in [6, 6.07) is 17.0. The summed E-state index contributed by atoms with van der Waals surface area (Å²) in [4.78, 5) is 0.159. The van der Waals surface area contributed by atoms with E-state index in [4.69, 9.17) is 4.74 Å². The number of hydrogen-bond acceptors (Lipinski definition) is 1. The zero-order valence-corrected chi connectivity index (χ0v) is 13.9. The number of alkyl halides is 1. The van der Waals surface area contributed by atoms with E-state index in [1.165, 1.54) is 16.7 Å². The number of ether oxygens (including phenoxy) is 1. The van der Waals surface area contributed by atoms with Crippen LogP contribution in [-0.4, -0.2) is 6.61 Å². The highest BCUT2D eigenvalue weighted by Crippen LogP contribution is 2.36. The molecule has 2 aromatic carbocycles. The van der Waals surface area contributed by atoms with E-state index in [1.54, 1.807) is 0 Å². The van der Waals surface area contributed by atoms with Gasteiger partial charge in [-0.2, -0.15) is 0 Å². The topological polar surface area (TPSA) is 9.23 Å². The predicted octanol–water partition coefficient (Wildman–Crippen LogP) is 5.69. The van der Waals surface area contributed by atoms with Crippen molar-refractivity contribution >= 4 is 15.9 Å². The van der Waals surface area contributed by atoms with E-state index < -0.39 is 0 Å². The van der Waals surface area contributed by atoms with Crippen molar-refractivity contribution in [1.29, 1.82) is 0 Å². The third-order valence-corrected chi connectivity index (χ3v) is 4.41. The first-order valence-corrected chi connectivity index (χ1v) is 8.00. The molecule has 0 fully saturated rings. The van der Waals surface area contributed by atoms with Gasteiger partial charge in [0, 0.05) is 5.56 Å². The SMILES string of the molecule is CCOc1ccccc1C(Br)c1ccc(C(C)C)cc1. The van der Waals surface area contributed by atoms with Gasteiger partial charge in [-0.3, -0.25) is 0 Å². The molecule has 1 nitrogen and oxygen atoms in total. The maximum Gasteiger partial charge on any atom is 0.123 e. The fraction of sp³-hybridized carbons (Fsp3) is 0.333. The van der Waals surface area contributed by atoms with E-state index in [2.05, 4.69) is 66.2 Å². The molecule has 1 atom stereocenters. The van der Waals surface area contributed by atoms with Gasteiger partial charge in [-0.1, -0.05) is 72.2 Å². The molecule has 0 heterocycles. The van der Waals surface area contributed by atoms with E-state index in [9.17, 15) is 0 Å². The van der Waals surface area contributed by atoms with Gasteiger partial charge in [0.1, 0.15) is 5.75 Å². The molecule has 0 spiro atoms. The lowest BCUT2D eigenvalue weighted by Crippen LogP contribution is -2.00. The first kappa shape index (κ1) is 15.1. The van der Waals surface area contributed by atoms with Crippen molar-refractivity contribution in [3.8, 4) is 5.75 Å². The van der Waals surface area contributed by atoms with Crippen LogP contribution >= 0.6 is 15.9 Å². The Morgan fingerprint density at radius 1 is 0.950 bits per heavy atom. The van der Waals surface area contributed by atoms with Crippen LogP contribution in [0.25, 0.3) is 0 Å². The van der Waals surface area contributed by atoms with Gasteiger partial charge in [-0.25, -0.2) is 0 Å². The van der Waals surface area contributed by atoms with Gasteiger partial charge >= 0.3 is 0 Å². The highest BCUT2D eigenvalue weighted by Gasteiger charge is 2.15. The molecule has 1 unspecified atom stereocenters. The molecule has 0 amide bonds. The zero-order chi connectivity index (χ0) is 14.5. The molecule has 0 saturated carbocycles. The Balaban J connectivity index is 2.28. The number of hydrogen-bond donors (Lipinski definition) is 0. The normalized spacial score (nSPS) is 12.4. The first-order chi connectivity index (χ1) is 9.63. The van der Waals surface area contributed by atoms with Crippen LogP contribution in [0.2, 0.25) is 0 Å². The van der Waals surface area contributed by atoms with Crippen LogP contribution < -0.4 is 4.74 Å². The molecule has 0 aliphatic rings. The highest BCUT2D eigenvalue weighted by molar-refractivity contribution is 9.09. The Bertz CT molecular complexity index is 546. The summed E-state index contributed by atoms with van der Waals surface area (Å²) in [6.07, 6.45) is 0. The summed E-state index contributed by atoms with van der Waals surface area (Å²) in [5.74, 6) is 1.51. The molecule has 0 N–H and O–H groups in total. The van der Waals surface area contributed by atoms with Crippen LogP contribution in [0.15, 0.2) is 48.5 Å². The molecular formula is C18H21BrO. The molecule has 2 heteroatoms. The van der Waals surface area contributed by atoms with Gasteiger partial charge in [0.2, 0.25) is 0 Å². The van der Waals surface area contributed by atoms with Crippen LogP contribution in [0.3, 0.4) is 0 Å². The molecular weight excluding hydrogens is 312 g/mol. The van der Waals surface area contributed by atoms with Crippen molar-refractivity contribution in [2.75, 3.05) is 6.61 Å². The van der Waals surface area contributed by atoms with Crippen LogP contribution in [0.1, 0.15) is 48.2 Å². The summed E-state index contributed by atoms with van der Waals surface area (Å²) < 4.78 is 5.71. The Labute approximate surface area is 130 Å². The quantitative estimate of drug-likeness (QED) is 0.639. The van der Waals surface area contributed by atoms with Crippen molar-refractivity contribution in [3.05, 3.63) is 65.2 Å². The van der Waals surface area contributed by atoms with Gasteiger partial charge in [0.25, 0.3) is 0 Å². The van der Waals surface area contributed by atoms with Crippen molar-refractivity contribution in [2.24, 2.45) is 0 Å². The van der Waals surface area contributed by atoms with E-state index in [0.29, 0.717) is 12.5 Å². The Morgan fingerprint density at radius 2 is 1.55 bits per heavy atom. The monoisotopic (exact) mass is 332 g/mol. The maximum absolute atomic E-state index is 5.71. The molecule has 0 radical (unpaired) electrons. The van der Waals surface area contributed by atoms with Crippen LogP contribution in [0.4, 0.5) is 0 Å².